The molecule has 0 saturated carbocycles. The highest BCUT2D eigenvalue weighted by atomic mass is 32.2. The van der Waals surface area contributed by atoms with Crippen LogP contribution in [0, 0.1) is 10.1 Å². The Morgan fingerprint density at radius 3 is 2.33 bits per heavy atom. The predicted octanol–water partition coefficient (Wildman–Crippen LogP) is 4.45. The molecule has 2 N–H and O–H groups in total. The van der Waals surface area contributed by atoms with E-state index in [-0.39, 0.29) is 10.6 Å². The lowest BCUT2D eigenvalue weighted by Crippen LogP contribution is -2.13. The van der Waals surface area contributed by atoms with Crippen LogP contribution in [0.15, 0.2) is 83.8 Å². The summed E-state index contributed by atoms with van der Waals surface area (Å²) < 4.78 is 33.0. The van der Waals surface area contributed by atoms with E-state index in [2.05, 4.69) is 10.0 Å². The minimum absolute atomic E-state index is 0.0292. The summed E-state index contributed by atoms with van der Waals surface area (Å²) in [4.78, 5) is 22.5. The third-order valence-electron chi connectivity index (χ3n) is 4.36. The molecule has 0 aliphatic heterocycles. The summed E-state index contributed by atoms with van der Waals surface area (Å²) in [5, 5.41) is 13.4. The summed E-state index contributed by atoms with van der Waals surface area (Å²) in [7, 11) is -3.81. The van der Waals surface area contributed by atoms with Crippen molar-refractivity contribution in [3.8, 4) is 5.75 Å². The molecule has 3 aromatic carbocycles. The van der Waals surface area contributed by atoms with Crippen LogP contribution in [0.1, 0.15) is 12.5 Å². The van der Waals surface area contributed by atoms with Crippen molar-refractivity contribution in [1.29, 1.82) is 0 Å². The molecule has 0 bridgehead atoms. The first kappa shape index (κ1) is 23.5. The van der Waals surface area contributed by atoms with Gasteiger partial charge in [0.15, 0.2) is 0 Å². The maximum absolute atomic E-state index is 12.6. The zero-order valence-electron chi connectivity index (χ0n) is 17.6. The molecule has 33 heavy (non-hydrogen) atoms. The summed E-state index contributed by atoms with van der Waals surface area (Å²) in [6.07, 6.45) is 2.68. The number of carbonyl (C=O) groups is 1. The number of benzene rings is 3. The second-order valence-corrected chi connectivity index (χ2v) is 8.44. The smallest absolute Gasteiger partial charge is 0.270 e. The molecule has 3 aromatic rings. The molecule has 9 nitrogen and oxygen atoms in total. The molecule has 1 amide bonds. The normalized spacial score (nSPS) is 11.2. The fraction of sp³-hybridized carbons (Fsp3) is 0.0870. The van der Waals surface area contributed by atoms with Gasteiger partial charge in [-0.1, -0.05) is 12.1 Å². The molecule has 0 spiro atoms. The number of hydrogen-bond acceptors (Lipinski definition) is 6. The van der Waals surface area contributed by atoms with Crippen LogP contribution in [0.4, 0.5) is 17.1 Å². The zero-order valence-corrected chi connectivity index (χ0v) is 18.4. The van der Waals surface area contributed by atoms with Crippen molar-refractivity contribution >= 4 is 39.1 Å². The van der Waals surface area contributed by atoms with Crippen LogP contribution >= 0.6 is 0 Å². The number of nitrogens with zero attached hydrogens (tertiary/aromatic N) is 1. The van der Waals surface area contributed by atoms with E-state index in [9.17, 15) is 23.3 Å². The summed E-state index contributed by atoms with van der Waals surface area (Å²) in [5.41, 5.74) is 1.21. The van der Waals surface area contributed by atoms with E-state index >= 15 is 0 Å². The molecule has 0 aliphatic rings. The van der Waals surface area contributed by atoms with Crippen LogP contribution in [0.25, 0.3) is 6.08 Å². The third-order valence-corrected chi connectivity index (χ3v) is 5.76. The first-order valence-corrected chi connectivity index (χ1v) is 11.3. The molecule has 0 aliphatic carbocycles. The van der Waals surface area contributed by atoms with Gasteiger partial charge in [-0.15, -0.1) is 0 Å². The van der Waals surface area contributed by atoms with Gasteiger partial charge in [-0.2, -0.15) is 0 Å². The molecular weight excluding hydrogens is 446 g/mol. The van der Waals surface area contributed by atoms with E-state index < -0.39 is 20.9 Å². The Morgan fingerprint density at radius 2 is 1.70 bits per heavy atom. The van der Waals surface area contributed by atoms with Crippen molar-refractivity contribution in [3.63, 3.8) is 0 Å². The summed E-state index contributed by atoms with van der Waals surface area (Å²) in [6, 6.07) is 18.1. The van der Waals surface area contributed by atoms with E-state index in [1.807, 2.05) is 6.92 Å². The van der Waals surface area contributed by atoms with Crippen molar-refractivity contribution in [2.45, 2.75) is 11.8 Å². The first-order chi connectivity index (χ1) is 15.8. The lowest BCUT2D eigenvalue weighted by atomic mass is 10.2. The quantitative estimate of drug-likeness (QED) is 0.272. The number of sulfonamides is 1. The van der Waals surface area contributed by atoms with Crippen LogP contribution in [-0.4, -0.2) is 25.9 Å². The molecule has 0 saturated heterocycles. The summed E-state index contributed by atoms with van der Waals surface area (Å²) in [5.74, 6) is 0.171. The van der Waals surface area contributed by atoms with Crippen LogP contribution in [0.2, 0.25) is 0 Å². The molecule has 0 atom stereocenters. The Balaban J connectivity index is 1.62. The molecule has 10 heteroatoms. The zero-order chi connectivity index (χ0) is 23.8. The van der Waals surface area contributed by atoms with E-state index in [1.54, 1.807) is 30.3 Å². The summed E-state index contributed by atoms with van der Waals surface area (Å²) >= 11 is 0. The van der Waals surface area contributed by atoms with Gasteiger partial charge in [-0.3, -0.25) is 19.6 Å². The highest BCUT2D eigenvalue weighted by Gasteiger charge is 2.14. The van der Waals surface area contributed by atoms with E-state index in [1.165, 1.54) is 54.6 Å². The number of nitro benzene ring substituents is 1. The van der Waals surface area contributed by atoms with Gasteiger partial charge in [0.25, 0.3) is 15.7 Å². The minimum Gasteiger partial charge on any atom is -0.494 e. The standard InChI is InChI=1S/C23H21N3O6S/c1-2-32-21-11-7-19(8-12-21)25-33(30,31)22-13-9-18(10-14-22)24-23(27)15-6-17-4-3-5-20(16-17)26(28)29/h3-16,25H,2H2,1H3,(H,24,27)/b15-6+. The molecule has 3 rings (SSSR count). The molecule has 0 aromatic heterocycles. The van der Waals surface area contributed by atoms with Gasteiger partial charge in [0.1, 0.15) is 5.75 Å². The van der Waals surface area contributed by atoms with Gasteiger partial charge in [-0.05, 0) is 67.1 Å². The molecule has 0 unspecified atom stereocenters. The lowest BCUT2D eigenvalue weighted by Gasteiger charge is -2.10. The fourth-order valence-electron chi connectivity index (χ4n) is 2.82. The number of nitrogens with one attached hydrogen (secondary N) is 2. The number of rotatable bonds is 9. The van der Waals surface area contributed by atoms with Crippen LogP contribution < -0.4 is 14.8 Å². The highest BCUT2D eigenvalue weighted by molar-refractivity contribution is 7.92. The maximum Gasteiger partial charge on any atom is 0.270 e. The van der Waals surface area contributed by atoms with Gasteiger partial charge >= 0.3 is 0 Å². The third kappa shape index (κ3) is 6.65. The molecule has 0 radical (unpaired) electrons. The SMILES string of the molecule is CCOc1ccc(NS(=O)(=O)c2ccc(NC(=O)/C=C/c3cccc([N+](=O)[O-])c3)cc2)cc1. The second kappa shape index (κ2) is 10.4. The summed E-state index contributed by atoms with van der Waals surface area (Å²) in [6.45, 7) is 2.37. The molecule has 0 fully saturated rings. The Kier molecular flexibility index (Phi) is 7.42. The van der Waals surface area contributed by atoms with Crippen molar-refractivity contribution in [3.05, 3.63) is 94.6 Å². The number of carbonyl (C=O) groups excluding carboxylic acids is 1. The first-order valence-electron chi connectivity index (χ1n) is 9.86. The average Bonchev–Trinajstić information content (AvgIpc) is 2.79. The number of amides is 1. The number of nitro groups is 1. The Morgan fingerprint density at radius 1 is 1.03 bits per heavy atom. The van der Waals surface area contributed by atoms with Gasteiger partial charge in [0, 0.05) is 29.6 Å². The molecular formula is C23H21N3O6S. The number of hydrogen-bond donors (Lipinski definition) is 2. The number of anilines is 2. The van der Waals surface area contributed by atoms with Crippen LogP contribution in [-0.2, 0) is 14.8 Å². The topological polar surface area (TPSA) is 128 Å². The van der Waals surface area contributed by atoms with Crippen molar-refractivity contribution < 1.29 is 22.9 Å². The fourth-order valence-corrected chi connectivity index (χ4v) is 3.87. The van der Waals surface area contributed by atoms with Gasteiger partial charge in [0.05, 0.1) is 16.4 Å². The van der Waals surface area contributed by atoms with Crippen molar-refractivity contribution in [2.75, 3.05) is 16.6 Å². The average molecular weight is 468 g/mol. The number of non-ortho nitro benzene ring substituents is 1. The van der Waals surface area contributed by atoms with Crippen LogP contribution in [0.5, 0.6) is 5.75 Å². The Bertz CT molecular complexity index is 1270. The van der Waals surface area contributed by atoms with Crippen molar-refractivity contribution in [2.24, 2.45) is 0 Å². The van der Waals surface area contributed by atoms with E-state index in [4.69, 9.17) is 4.74 Å². The van der Waals surface area contributed by atoms with E-state index in [0.717, 1.165) is 0 Å². The van der Waals surface area contributed by atoms with Gasteiger partial charge in [-0.25, -0.2) is 8.42 Å². The van der Waals surface area contributed by atoms with Gasteiger partial charge < -0.3 is 10.1 Å². The van der Waals surface area contributed by atoms with Gasteiger partial charge in [0.2, 0.25) is 5.91 Å². The molecule has 170 valence electrons. The molecule has 0 heterocycles. The minimum atomic E-state index is -3.81. The lowest BCUT2D eigenvalue weighted by molar-refractivity contribution is -0.384. The second-order valence-electron chi connectivity index (χ2n) is 6.76. The number of ether oxygens (including phenoxy) is 1. The Labute approximate surface area is 190 Å². The largest absolute Gasteiger partial charge is 0.494 e. The van der Waals surface area contributed by atoms with Crippen molar-refractivity contribution in [1.82, 2.24) is 0 Å². The van der Waals surface area contributed by atoms with E-state index in [0.29, 0.717) is 29.3 Å². The predicted molar refractivity (Wildman–Crippen MR) is 126 cm³/mol. The highest BCUT2D eigenvalue weighted by Crippen LogP contribution is 2.21. The maximum atomic E-state index is 12.6. The Hall–Kier alpha value is -4.18. The monoisotopic (exact) mass is 467 g/mol. The van der Waals surface area contributed by atoms with Crippen LogP contribution in [0.3, 0.4) is 0 Å².